The Labute approximate surface area is 160 Å². The van der Waals surface area contributed by atoms with Gasteiger partial charge in [0.25, 0.3) is 0 Å². The third-order valence-corrected chi connectivity index (χ3v) is 5.53. The van der Waals surface area contributed by atoms with Crippen LogP contribution < -0.4 is 4.90 Å². The summed E-state index contributed by atoms with van der Waals surface area (Å²) in [7, 11) is 2.11. The Morgan fingerprint density at radius 2 is 1.19 bits per heavy atom. The van der Waals surface area contributed by atoms with E-state index < -0.39 is 0 Å². The van der Waals surface area contributed by atoms with Crippen molar-refractivity contribution in [3.05, 3.63) is 108 Å². The van der Waals surface area contributed by atoms with Crippen molar-refractivity contribution in [2.75, 3.05) is 11.9 Å². The van der Waals surface area contributed by atoms with E-state index in [0.29, 0.717) is 0 Å². The van der Waals surface area contributed by atoms with Crippen molar-refractivity contribution >= 4 is 11.4 Å². The van der Waals surface area contributed by atoms with Gasteiger partial charge in [-0.3, -0.25) is 0 Å². The van der Waals surface area contributed by atoms with Crippen LogP contribution in [0.5, 0.6) is 0 Å². The third kappa shape index (κ3) is 2.82. The summed E-state index contributed by atoms with van der Waals surface area (Å²) in [5.41, 5.74) is 10.6. The summed E-state index contributed by atoms with van der Waals surface area (Å²) in [5.74, 6) is 0. The van der Waals surface area contributed by atoms with Gasteiger partial charge in [0, 0.05) is 18.4 Å². The summed E-state index contributed by atoms with van der Waals surface area (Å²) in [5, 5.41) is 0. The molecule has 0 heterocycles. The van der Waals surface area contributed by atoms with Crippen LogP contribution >= 0.6 is 0 Å². The van der Waals surface area contributed by atoms with Crippen LogP contribution in [0.25, 0.3) is 22.3 Å². The molecule has 0 saturated heterocycles. The van der Waals surface area contributed by atoms with Gasteiger partial charge in [0.15, 0.2) is 0 Å². The van der Waals surface area contributed by atoms with Crippen LogP contribution in [0.2, 0.25) is 0 Å². The zero-order valence-corrected chi connectivity index (χ0v) is 15.4. The molecule has 0 unspecified atom stereocenters. The summed E-state index contributed by atoms with van der Waals surface area (Å²) >= 11 is 0. The lowest BCUT2D eigenvalue weighted by Crippen LogP contribution is -2.08. The number of nitrogens with zero attached hydrogens (tertiary/aromatic N) is 1. The van der Waals surface area contributed by atoms with Gasteiger partial charge < -0.3 is 4.90 Å². The second-order valence-electron chi connectivity index (χ2n) is 7.15. The van der Waals surface area contributed by atoms with E-state index in [9.17, 15) is 0 Å². The van der Waals surface area contributed by atoms with E-state index >= 15 is 0 Å². The lowest BCUT2D eigenvalue weighted by atomic mass is 9.99. The SMILES string of the molecule is CN(c1ccccc1)c1ccc(-c2ccc3c(c2)Cc2ccccc2-3)cc1. The van der Waals surface area contributed by atoms with Crippen LogP contribution in [0, 0.1) is 0 Å². The second-order valence-corrected chi connectivity index (χ2v) is 7.15. The molecule has 130 valence electrons. The smallest absolute Gasteiger partial charge is 0.0408 e. The summed E-state index contributed by atoms with van der Waals surface area (Å²) in [4.78, 5) is 2.21. The van der Waals surface area contributed by atoms with Gasteiger partial charge in [0.2, 0.25) is 0 Å². The van der Waals surface area contributed by atoms with E-state index in [0.717, 1.165) is 6.42 Å². The van der Waals surface area contributed by atoms with Crippen molar-refractivity contribution in [3.63, 3.8) is 0 Å². The second kappa shape index (κ2) is 6.44. The maximum Gasteiger partial charge on any atom is 0.0408 e. The zero-order valence-electron chi connectivity index (χ0n) is 15.4. The molecular formula is C26H21N. The molecular weight excluding hydrogens is 326 g/mol. The number of fused-ring (bicyclic) bond motifs is 3. The minimum absolute atomic E-state index is 1.04. The van der Waals surface area contributed by atoms with Gasteiger partial charge in [-0.1, -0.05) is 72.8 Å². The summed E-state index contributed by atoms with van der Waals surface area (Å²) in [6.07, 6.45) is 1.04. The molecule has 1 aliphatic rings. The Kier molecular flexibility index (Phi) is 3.79. The molecule has 27 heavy (non-hydrogen) atoms. The molecule has 1 nitrogen and oxygen atoms in total. The molecule has 0 N–H and O–H groups in total. The molecule has 5 rings (SSSR count). The van der Waals surface area contributed by atoms with Gasteiger partial charge in [-0.15, -0.1) is 0 Å². The van der Waals surface area contributed by atoms with Crippen molar-refractivity contribution in [1.29, 1.82) is 0 Å². The highest BCUT2D eigenvalue weighted by atomic mass is 15.1. The van der Waals surface area contributed by atoms with Gasteiger partial charge in [-0.05, 0) is 64.1 Å². The van der Waals surface area contributed by atoms with E-state index in [-0.39, 0.29) is 0 Å². The molecule has 0 bridgehead atoms. The predicted molar refractivity (Wildman–Crippen MR) is 115 cm³/mol. The van der Waals surface area contributed by atoms with Crippen LogP contribution in [0.4, 0.5) is 11.4 Å². The number of hydrogen-bond donors (Lipinski definition) is 0. The monoisotopic (exact) mass is 347 g/mol. The van der Waals surface area contributed by atoms with Crippen LogP contribution in [-0.2, 0) is 6.42 Å². The highest BCUT2D eigenvalue weighted by Gasteiger charge is 2.18. The van der Waals surface area contributed by atoms with Gasteiger partial charge in [-0.2, -0.15) is 0 Å². The van der Waals surface area contributed by atoms with E-state index in [1.54, 1.807) is 0 Å². The summed E-state index contributed by atoms with van der Waals surface area (Å²) in [6, 6.07) is 34.9. The highest BCUT2D eigenvalue weighted by molar-refractivity contribution is 5.80. The highest BCUT2D eigenvalue weighted by Crippen LogP contribution is 2.38. The molecule has 0 atom stereocenters. The van der Waals surface area contributed by atoms with E-state index in [2.05, 4.69) is 103 Å². The number of benzene rings is 4. The summed E-state index contributed by atoms with van der Waals surface area (Å²) < 4.78 is 0. The molecule has 0 amide bonds. The van der Waals surface area contributed by atoms with Gasteiger partial charge in [0.1, 0.15) is 0 Å². The molecule has 0 radical (unpaired) electrons. The minimum atomic E-state index is 1.04. The standard InChI is InChI=1S/C26H21N/c1-27(23-8-3-2-4-9-23)24-14-11-19(12-15-24)20-13-16-26-22(17-20)18-21-7-5-6-10-25(21)26/h2-17H,18H2,1H3. The average Bonchev–Trinajstić information content (AvgIpc) is 3.12. The number of rotatable bonds is 3. The van der Waals surface area contributed by atoms with Crippen LogP contribution in [0.1, 0.15) is 11.1 Å². The van der Waals surface area contributed by atoms with E-state index in [1.165, 1.54) is 44.8 Å². The molecule has 4 aromatic rings. The maximum absolute atomic E-state index is 2.35. The van der Waals surface area contributed by atoms with Gasteiger partial charge in [0.05, 0.1) is 0 Å². The largest absolute Gasteiger partial charge is 0.345 e. The fourth-order valence-electron chi connectivity index (χ4n) is 4.00. The van der Waals surface area contributed by atoms with Crippen LogP contribution in [0.15, 0.2) is 97.1 Å². The average molecular weight is 347 g/mol. The number of para-hydroxylation sites is 1. The Balaban J connectivity index is 1.44. The number of anilines is 2. The first-order valence-electron chi connectivity index (χ1n) is 9.40. The van der Waals surface area contributed by atoms with Crippen LogP contribution in [-0.4, -0.2) is 7.05 Å². The van der Waals surface area contributed by atoms with Gasteiger partial charge >= 0.3 is 0 Å². The molecule has 0 spiro atoms. The quantitative estimate of drug-likeness (QED) is 0.351. The zero-order chi connectivity index (χ0) is 18.2. The molecule has 0 aliphatic heterocycles. The number of hydrogen-bond acceptors (Lipinski definition) is 1. The van der Waals surface area contributed by atoms with Crippen molar-refractivity contribution in [1.82, 2.24) is 0 Å². The van der Waals surface area contributed by atoms with E-state index in [4.69, 9.17) is 0 Å². The molecule has 0 fully saturated rings. The predicted octanol–water partition coefficient (Wildman–Crippen LogP) is 6.69. The maximum atomic E-state index is 2.35. The minimum Gasteiger partial charge on any atom is -0.345 e. The van der Waals surface area contributed by atoms with Crippen molar-refractivity contribution in [2.24, 2.45) is 0 Å². The van der Waals surface area contributed by atoms with Crippen LogP contribution in [0.3, 0.4) is 0 Å². The Bertz CT molecular complexity index is 1090. The normalized spacial score (nSPS) is 11.7. The summed E-state index contributed by atoms with van der Waals surface area (Å²) in [6.45, 7) is 0. The first-order valence-corrected chi connectivity index (χ1v) is 9.40. The molecule has 1 heteroatoms. The Hall–Kier alpha value is -3.32. The van der Waals surface area contributed by atoms with E-state index in [1.807, 2.05) is 6.07 Å². The molecule has 0 aromatic heterocycles. The van der Waals surface area contributed by atoms with Crippen molar-refractivity contribution in [2.45, 2.75) is 6.42 Å². The first-order chi connectivity index (χ1) is 13.3. The van der Waals surface area contributed by atoms with Crippen molar-refractivity contribution < 1.29 is 0 Å². The molecule has 1 aliphatic carbocycles. The Morgan fingerprint density at radius 3 is 2.00 bits per heavy atom. The lowest BCUT2D eigenvalue weighted by Gasteiger charge is -2.19. The first kappa shape index (κ1) is 15.9. The Morgan fingerprint density at radius 1 is 0.556 bits per heavy atom. The molecule has 0 saturated carbocycles. The topological polar surface area (TPSA) is 3.24 Å². The van der Waals surface area contributed by atoms with Crippen molar-refractivity contribution in [3.8, 4) is 22.3 Å². The van der Waals surface area contributed by atoms with Gasteiger partial charge in [-0.25, -0.2) is 0 Å². The lowest BCUT2D eigenvalue weighted by molar-refractivity contribution is 1.21. The molecule has 4 aromatic carbocycles. The third-order valence-electron chi connectivity index (χ3n) is 5.53. The fraction of sp³-hybridized carbons (Fsp3) is 0.0769. The fourth-order valence-corrected chi connectivity index (χ4v) is 4.00.